The summed E-state index contributed by atoms with van der Waals surface area (Å²) in [7, 11) is 0. The topological polar surface area (TPSA) is 111 Å². The van der Waals surface area contributed by atoms with Gasteiger partial charge in [-0.05, 0) is 67.3 Å². The van der Waals surface area contributed by atoms with E-state index in [9.17, 15) is 14.7 Å². The fourth-order valence-electron chi connectivity index (χ4n) is 4.80. The van der Waals surface area contributed by atoms with E-state index in [0.29, 0.717) is 58.3 Å². The van der Waals surface area contributed by atoms with Crippen LogP contribution in [0, 0.1) is 0 Å². The molecular weight excluding hydrogens is 611 g/mol. The Bertz CT molecular complexity index is 1660. The number of carbonyl (C=O) groups excluding carboxylic acids is 2. The quantitative estimate of drug-likeness (QED) is 0.0492. The number of Topliss-reactive ketones (excluding diaryl/α,β-unsaturated/α-hetero) is 1. The van der Waals surface area contributed by atoms with Crippen molar-refractivity contribution in [2.45, 2.75) is 49.7 Å². The highest BCUT2D eigenvalue weighted by Crippen LogP contribution is 2.45. The number of aliphatic hydroxyl groups is 1. The maximum absolute atomic E-state index is 13.7. The van der Waals surface area contributed by atoms with Crippen molar-refractivity contribution in [3.63, 3.8) is 0 Å². The summed E-state index contributed by atoms with van der Waals surface area (Å²) in [6, 6.07) is 21.1. The van der Waals surface area contributed by atoms with Crippen molar-refractivity contribution in [2.75, 3.05) is 24.7 Å². The molecule has 0 saturated carbocycles. The first kappa shape index (κ1) is 32.1. The van der Waals surface area contributed by atoms with E-state index in [-0.39, 0.29) is 16.5 Å². The fourth-order valence-corrected chi connectivity index (χ4v) is 6.62. The van der Waals surface area contributed by atoms with E-state index in [1.54, 1.807) is 42.5 Å². The highest BCUT2D eigenvalue weighted by Gasteiger charge is 2.48. The third kappa shape index (κ3) is 7.32. The van der Waals surface area contributed by atoms with Gasteiger partial charge in [-0.15, -0.1) is 10.2 Å². The molecule has 45 heavy (non-hydrogen) atoms. The molecule has 0 radical (unpaired) electrons. The van der Waals surface area contributed by atoms with Crippen molar-refractivity contribution in [2.24, 2.45) is 0 Å². The van der Waals surface area contributed by atoms with Crippen molar-refractivity contribution in [3.8, 4) is 17.2 Å². The molecule has 1 saturated heterocycles. The molecule has 1 aliphatic heterocycles. The molecule has 1 aliphatic rings. The summed E-state index contributed by atoms with van der Waals surface area (Å²) in [5.74, 6) is 0.429. The Labute approximate surface area is 270 Å². The van der Waals surface area contributed by atoms with Crippen LogP contribution in [0.5, 0.6) is 17.2 Å². The molecule has 0 aliphatic carbocycles. The van der Waals surface area contributed by atoms with E-state index in [1.165, 1.54) is 28.0 Å². The van der Waals surface area contributed by atoms with E-state index in [2.05, 4.69) is 10.2 Å². The van der Waals surface area contributed by atoms with E-state index in [4.69, 9.17) is 14.2 Å². The Morgan fingerprint density at radius 2 is 1.62 bits per heavy atom. The molecule has 0 bridgehead atoms. The van der Waals surface area contributed by atoms with Gasteiger partial charge in [-0.25, -0.2) is 0 Å². The van der Waals surface area contributed by atoms with Crippen LogP contribution in [0.15, 0.2) is 82.7 Å². The normalized spacial score (nSPS) is 15.8. The number of thioether (sulfide) groups is 1. The van der Waals surface area contributed by atoms with Crippen LogP contribution in [0.3, 0.4) is 0 Å². The summed E-state index contributed by atoms with van der Waals surface area (Å²) in [5.41, 5.74) is 2.01. The fraction of sp³-hybridized carbons (Fsp3) is 0.294. The second-order valence-electron chi connectivity index (χ2n) is 10.2. The minimum atomic E-state index is -0.986. The average molecular weight is 646 g/mol. The number of ketones is 1. The Morgan fingerprint density at radius 3 is 2.33 bits per heavy atom. The number of aliphatic hydroxyl groups excluding tert-OH is 1. The number of hydrogen-bond donors (Lipinski definition) is 1. The predicted molar refractivity (Wildman–Crippen MR) is 176 cm³/mol. The predicted octanol–water partition coefficient (Wildman–Crippen LogP) is 7.43. The lowest BCUT2D eigenvalue weighted by molar-refractivity contribution is -0.132. The van der Waals surface area contributed by atoms with Gasteiger partial charge in [0.25, 0.3) is 5.78 Å². The average Bonchev–Trinajstić information content (AvgIpc) is 3.64. The number of anilines is 1. The Morgan fingerprint density at radius 1 is 0.889 bits per heavy atom. The largest absolute Gasteiger partial charge is 0.507 e. The number of nitrogens with zero attached hydrogens (tertiary/aromatic N) is 3. The third-order valence-electron chi connectivity index (χ3n) is 6.90. The molecule has 11 heteroatoms. The molecule has 5 rings (SSSR count). The van der Waals surface area contributed by atoms with Crippen molar-refractivity contribution in [3.05, 3.63) is 95.1 Å². The Kier molecular flexibility index (Phi) is 10.7. The Hall–Kier alpha value is -4.35. The number of hydrogen-bond acceptors (Lipinski definition) is 10. The molecule has 4 aromatic rings. The maximum Gasteiger partial charge on any atom is 0.301 e. The van der Waals surface area contributed by atoms with Crippen LogP contribution in [0.1, 0.15) is 56.3 Å². The summed E-state index contributed by atoms with van der Waals surface area (Å²) < 4.78 is 18.1. The van der Waals surface area contributed by atoms with Crippen LogP contribution in [0.2, 0.25) is 0 Å². The zero-order chi connectivity index (χ0) is 31.8. The van der Waals surface area contributed by atoms with Crippen LogP contribution in [-0.2, 0) is 15.3 Å². The minimum Gasteiger partial charge on any atom is -0.507 e. The van der Waals surface area contributed by atoms with Crippen molar-refractivity contribution >= 4 is 45.7 Å². The summed E-state index contributed by atoms with van der Waals surface area (Å²) in [4.78, 5) is 28.7. The van der Waals surface area contributed by atoms with E-state index < -0.39 is 17.7 Å². The van der Waals surface area contributed by atoms with Gasteiger partial charge in [0, 0.05) is 11.3 Å². The molecule has 1 atom stereocenters. The SMILES string of the molecule is CCCOc1ccc(/C(O)=C2\C(=O)C(=O)N(c3nnc(SCc4ccccc4)s3)C2c2ccc(OCCC)c(OCC)c2)cc1. The van der Waals surface area contributed by atoms with Crippen molar-refractivity contribution in [1.29, 1.82) is 0 Å². The second kappa shape index (κ2) is 15.1. The first-order valence-corrected chi connectivity index (χ1v) is 16.7. The van der Waals surface area contributed by atoms with Gasteiger partial charge in [-0.2, -0.15) is 0 Å². The summed E-state index contributed by atoms with van der Waals surface area (Å²) in [6.45, 7) is 7.35. The molecule has 1 N–H and O–H groups in total. The molecule has 1 fully saturated rings. The molecule has 1 unspecified atom stereocenters. The van der Waals surface area contributed by atoms with Gasteiger partial charge < -0.3 is 19.3 Å². The summed E-state index contributed by atoms with van der Waals surface area (Å²) in [6.07, 6.45) is 1.67. The Balaban J connectivity index is 1.56. The van der Waals surface area contributed by atoms with Gasteiger partial charge in [-0.1, -0.05) is 73.3 Å². The van der Waals surface area contributed by atoms with Crippen LogP contribution >= 0.6 is 23.1 Å². The smallest absolute Gasteiger partial charge is 0.301 e. The number of carbonyl (C=O) groups is 2. The molecule has 0 spiro atoms. The van der Waals surface area contributed by atoms with E-state index in [0.717, 1.165) is 18.4 Å². The standard InChI is InChI=1S/C34H35N3O6S2/c1-4-18-42-25-15-12-23(13-16-25)30(38)28-29(24-14-17-26(43-19-5-2)27(20-24)41-6-3)37(32(40)31(28)39)33-35-36-34(45-33)44-21-22-10-8-7-9-11-22/h7-17,20,29,38H,4-6,18-19,21H2,1-3H3/b30-28+. The summed E-state index contributed by atoms with van der Waals surface area (Å²) in [5, 5.41) is 20.5. The lowest BCUT2D eigenvalue weighted by Crippen LogP contribution is -2.29. The third-order valence-corrected chi connectivity index (χ3v) is 9.02. The molecule has 234 valence electrons. The number of aromatic nitrogens is 2. The van der Waals surface area contributed by atoms with Gasteiger partial charge >= 0.3 is 5.91 Å². The highest BCUT2D eigenvalue weighted by atomic mass is 32.2. The minimum absolute atomic E-state index is 0.0550. The van der Waals surface area contributed by atoms with Gasteiger partial charge in [-0.3, -0.25) is 14.5 Å². The zero-order valence-corrected chi connectivity index (χ0v) is 27.0. The molecular formula is C34H35N3O6S2. The zero-order valence-electron chi connectivity index (χ0n) is 25.4. The molecule has 9 nitrogen and oxygen atoms in total. The number of benzene rings is 3. The van der Waals surface area contributed by atoms with Crippen LogP contribution in [0.25, 0.3) is 5.76 Å². The van der Waals surface area contributed by atoms with Gasteiger partial charge in [0.15, 0.2) is 15.8 Å². The highest BCUT2D eigenvalue weighted by molar-refractivity contribution is 8.00. The first-order chi connectivity index (χ1) is 21.9. The molecule has 1 aromatic heterocycles. The second-order valence-corrected chi connectivity index (χ2v) is 12.3. The van der Waals surface area contributed by atoms with Crippen molar-refractivity contribution in [1.82, 2.24) is 10.2 Å². The number of rotatable bonds is 14. The van der Waals surface area contributed by atoms with Crippen molar-refractivity contribution < 1.29 is 28.9 Å². The van der Waals surface area contributed by atoms with E-state index in [1.807, 2.05) is 51.1 Å². The van der Waals surface area contributed by atoms with Crippen LogP contribution < -0.4 is 19.1 Å². The van der Waals surface area contributed by atoms with E-state index >= 15 is 0 Å². The molecule has 3 aromatic carbocycles. The van der Waals surface area contributed by atoms with Gasteiger partial charge in [0.1, 0.15) is 11.5 Å². The van der Waals surface area contributed by atoms with Gasteiger partial charge in [0.05, 0.1) is 31.4 Å². The monoisotopic (exact) mass is 645 g/mol. The molecule has 2 heterocycles. The lowest BCUT2D eigenvalue weighted by Gasteiger charge is -2.23. The van der Waals surface area contributed by atoms with Gasteiger partial charge in [0.2, 0.25) is 5.13 Å². The summed E-state index contributed by atoms with van der Waals surface area (Å²) >= 11 is 2.71. The lowest BCUT2D eigenvalue weighted by atomic mass is 9.95. The van der Waals surface area contributed by atoms with Crippen LogP contribution in [-0.4, -0.2) is 46.8 Å². The first-order valence-electron chi connectivity index (χ1n) is 14.9. The molecule has 1 amide bonds. The number of amides is 1. The number of ether oxygens (including phenoxy) is 3. The maximum atomic E-state index is 13.7. The van der Waals surface area contributed by atoms with Crippen LogP contribution in [0.4, 0.5) is 5.13 Å².